The summed E-state index contributed by atoms with van der Waals surface area (Å²) in [4.78, 5) is 4.79. The van der Waals surface area contributed by atoms with Crippen LogP contribution < -0.4 is 5.73 Å². The Morgan fingerprint density at radius 1 is 1.50 bits per heavy atom. The summed E-state index contributed by atoms with van der Waals surface area (Å²) in [6, 6.07) is 6.26. The van der Waals surface area contributed by atoms with Crippen LogP contribution >= 0.6 is 0 Å². The summed E-state index contributed by atoms with van der Waals surface area (Å²) in [6.07, 6.45) is 5.14. The Balaban J connectivity index is 2.02. The van der Waals surface area contributed by atoms with E-state index in [0.29, 0.717) is 12.0 Å². The molecular formula is C15H21N3OS. The Kier molecular flexibility index (Phi) is 3.54. The van der Waals surface area contributed by atoms with Crippen LogP contribution in [0.1, 0.15) is 44.0 Å². The molecule has 1 saturated carbocycles. The average Bonchev–Trinajstić information content (AvgIpc) is 3.17. The molecule has 2 unspecified atom stereocenters. The zero-order chi connectivity index (χ0) is 14.3. The number of rotatable bonds is 5. The van der Waals surface area contributed by atoms with Gasteiger partial charge in [0, 0.05) is 40.5 Å². The maximum Gasteiger partial charge on any atom is 0.113 e. The van der Waals surface area contributed by atoms with Gasteiger partial charge >= 0.3 is 0 Å². The van der Waals surface area contributed by atoms with Crippen molar-refractivity contribution in [1.29, 1.82) is 0 Å². The number of fused-ring (bicyclic) bond motifs is 1. The number of imidazole rings is 1. The van der Waals surface area contributed by atoms with E-state index in [1.807, 2.05) is 12.1 Å². The molecule has 1 fully saturated rings. The van der Waals surface area contributed by atoms with Gasteiger partial charge in [-0.3, -0.25) is 4.21 Å². The molecule has 2 atom stereocenters. The molecule has 1 heterocycles. The molecule has 0 amide bonds. The van der Waals surface area contributed by atoms with Crippen LogP contribution in [0.15, 0.2) is 18.2 Å². The van der Waals surface area contributed by atoms with E-state index in [1.165, 1.54) is 18.7 Å². The highest BCUT2D eigenvalue weighted by molar-refractivity contribution is 7.84. The highest BCUT2D eigenvalue weighted by Gasteiger charge is 2.30. The molecule has 1 aliphatic rings. The van der Waals surface area contributed by atoms with Gasteiger partial charge in [0.25, 0.3) is 0 Å². The highest BCUT2D eigenvalue weighted by atomic mass is 32.2. The van der Waals surface area contributed by atoms with E-state index >= 15 is 0 Å². The third-order valence-corrected chi connectivity index (χ3v) is 4.76. The second-order valence-corrected chi connectivity index (χ2v) is 7.33. The summed E-state index contributed by atoms with van der Waals surface area (Å²) in [5.41, 5.74) is 8.75. The topological polar surface area (TPSA) is 60.9 Å². The van der Waals surface area contributed by atoms with Gasteiger partial charge < -0.3 is 10.3 Å². The molecule has 0 saturated heterocycles. The van der Waals surface area contributed by atoms with Gasteiger partial charge in [-0.15, -0.1) is 0 Å². The molecule has 1 aliphatic carbocycles. The summed E-state index contributed by atoms with van der Waals surface area (Å²) in [7, 11) is -0.741. The lowest BCUT2D eigenvalue weighted by atomic mass is 10.2. The second-order valence-electron chi connectivity index (χ2n) is 5.78. The van der Waals surface area contributed by atoms with Crippen molar-refractivity contribution in [2.75, 3.05) is 17.7 Å². The minimum Gasteiger partial charge on any atom is -0.399 e. The molecule has 1 aromatic carbocycles. The Morgan fingerprint density at radius 2 is 2.25 bits per heavy atom. The fraction of sp³-hybridized carbons (Fsp3) is 0.533. The van der Waals surface area contributed by atoms with Crippen LogP contribution in [0.4, 0.5) is 5.69 Å². The van der Waals surface area contributed by atoms with Gasteiger partial charge in [0.05, 0.1) is 11.0 Å². The number of anilines is 1. The van der Waals surface area contributed by atoms with E-state index < -0.39 is 10.8 Å². The third kappa shape index (κ3) is 2.59. The molecule has 0 radical (unpaired) electrons. The number of nitrogens with two attached hydrogens (primary N) is 1. The van der Waals surface area contributed by atoms with Gasteiger partial charge in [-0.2, -0.15) is 0 Å². The Hall–Kier alpha value is -1.36. The molecule has 0 bridgehead atoms. The summed E-state index contributed by atoms with van der Waals surface area (Å²) in [5, 5.41) is 0. The SMILES string of the molecule is CC(CCS(C)=O)n1c(C2CC2)nc2cc(N)ccc21. The van der Waals surface area contributed by atoms with Gasteiger partial charge in [0.1, 0.15) is 5.82 Å². The molecule has 2 N–H and O–H groups in total. The Labute approximate surface area is 121 Å². The summed E-state index contributed by atoms with van der Waals surface area (Å²) < 4.78 is 13.7. The maximum atomic E-state index is 11.3. The van der Waals surface area contributed by atoms with Crippen molar-refractivity contribution in [2.45, 2.75) is 38.1 Å². The van der Waals surface area contributed by atoms with E-state index in [1.54, 1.807) is 6.26 Å². The van der Waals surface area contributed by atoms with Crippen LogP contribution in [0.25, 0.3) is 11.0 Å². The number of hydrogen-bond acceptors (Lipinski definition) is 3. The smallest absolute Gasteiger partial charge is 0.113 e. The van der Waals surface area contributed by atoms with Crippen LogP contribution in [-0.2, 0) is 10.8 Å². The normalized spacial score (nSPS) is 18.3. The predicted octanol–water partition coefficient (Wildman–Crippen LogP) is 2.83. The highest BCUT2D eigenvalue weighted by Crippen LogP contribution is 2.42. The van der Waals surface area contributed by atoms with Gasteiger partial charge in [0.15, 0.2) is 0 Å². The number of aromatic nitrogens is 2. The largest absolute Gasteiger partial charge is 0.399 e. The average molecular weight is 291 g/mol. The molecule has 2 aromatic rings. The Bertz CT molecular complexity index is 660. The van der Waals surface area contributed by atoms with Gasteiger partial charge in [0.2, 0.25) is 0 Å². The van der Waals surface area contributed by atoms with Crippen molar-refractivity contribution in [3.63, 3.8) is 0 Å². The fourth-order valence-electron chi connectivity index (χ4n) is 2.69. The zero-order valence-corrected chi connectivity index (χ0v) is 12.8. The molecule has 3 rings (SSSR count). The zero-order valence-electron chi connectivity index (χ0n) is 12.0. The third-order valence-electron chi connectivity index (χ3n) is 3.95. The van der Waals surface area contributed by atoms with Gasteiger partial charge in [-0.1, -0.05) is 0 Å². The van der Waals surface area contributed by atoms with Crippen LogP contribution in [0.2, 0.25) is 0 Å². The van der Waals surface area contributed by atoms with E-state index in [-0.39, 0.29) is 0 Å². The van der Waals surface area contributed by atoms with Crippen molar-refractivity contribution in [3.8, 4) is 0 Å². The quantitative estimate of drug-likeness (QED) is 0.862. The monoisotopic (exact) mass is 291 g/mol. The molecule has 1 aromatic heterocycles. The molecule has 5 heteroatoms. The summed E-state index contributed by atoms with van der Waals surface area (Å²) in [6.45, 7) is 2.19. The van der Waals surface area contributed by atoms with Crippen molar-refractivity contribution in [2.24, 2.45) is 0 Å². The molecule has 108 valence electrons. The minimum atomic E-state index is -0.741. The minimum absolute atomic E-state index is 0.322. The molecule has 4 nitrogen and oxygen atoms in total. The first-order chi connectivity index (χ1) is 9.56. The first-order valence-electron chi connectivity index (χ1n) is 7.13. The van der Waals surface area contributed by atoms with Crippen LogP contribution in [0.5, 0.6) is 0 Å². The molecule has 20 heavy (non-hydrogen) atoms. The van der Waals surface area contributed by atoms with E-state index in [9.17, 15) is 4.21 Å². The second kappa shape index (κ2) is 5.20. The number of nitrogens with zero attached hydrogens (tertiary/aromatic N) is 2. The van der Waals surface area contributed by atoms with Crippen molar-refractivity contribution in [3.05, 3.63) is 24.0 Å². The van der Waals surface area contributed by atoms with Crippen LogP contribution in [0, 0.1) is 0 Å². The van der Waals surface area contributed by atoms with Crippen molar-refractivity contribution >= 4 is 27.5 Å². The van der Waals surface area contributed by atoms with E-state index in [4.69, 9.17) is 10.7 Å². The molecular weight excluding hydrogens is 270 g/mol. The van der Waals surface area contributed by atoms with E-state index in [2.05, 4.69) is 17.6 Å². The lowest BCUT2D eigenvalue weighted by Crippen LogP contribution is -2.11. The fourth-order valence-corrected chi connectivity index (χ4v) is 3.37. The predicted molar refractivity (Wildman–Crippen MR) is 84.4 cm³/mol. The first kappa shape index (κ1) is 13.6. The van der Waals surface area contributed by atoms with Crippen LogP contribution in [-0.4, -0.2) is 25.8 Å². The summed E-state index contributed by atoms with van der Waals surface area (Å²) >= 11 is 0. The van der Waals surface area contributed by atoms with Gasteiger partial charge in [-0.25, -0.2) is 4.98 Å². The van der Waals surface area contributed by atoms with E-state index in [0.717, 1.165) is 28.9 Å². The lowest BCUT2D eigenvalue weighted by molar-refractivity contribution is 0.523. The number of benzene rings is 1. The van der Waals surface area contributed by atoms with Crippen molar-refractivity contribution < 1.29 is 4.21 Å². The standard InChI is InChI=1S/C15H21N3OS/c1-10(7-8-20(2)19)18-14-6-5-12(16)9-13(14)17-15(18)11-3-4-11/h5-6,9-11H,3-4,7-8,16H2,1-2H3. The van der Waals surface area contributed by atoms with Gasteiger partial charge in [-0.05, 0) is 44.4 Å². The number of hydrogen-bond donors (Lipinski definition) is 1. The molecule has 0 aliphatic heterocycles. The lowest BCUT2D eigenvalue weighted by Gasteiger charge is -2.17. The summed E-state index contributed by atoms with van der Waals surface area (Å²) in [5.74, 6) is 2.51. The van der Waals surface area contributed by atoms with Crippen molar-refractivity contribution in [1.82, 2.24) is 9.55 Å². The van der Waals surface area contributed by atoms with Crippen LogP contribution in [0.3, 0.4) is 0 Å². The Morgan fingerprint density at radius 3 is 2.90 bits per heavy atom. The first-order valence-corrected chi connectivity index (χ1v) is 8.86. The molecule has 0 spiro atoms. The maximum absolute atomic E-state index is 11.3. The number of nitrogen functional groups attached to an aromatic ring is 1.